The summed E-state index contributed by atoms with van der Waals surface area (Å²) in [6.45, 7) is 5.22. The fourth-order valence-electron chi connectivity index (χ4n) is 2.91. The van der Waals surface area contributed by atoms with Crippen LogP contribution in [0, 0.1) is 5.92 Å². The SMILES string of the molecule is CCC(CC)[C@H](NC(=O)CN1CCCC1=O)c1cccs1. The third-order valence-electron chi connectivity index (χ3n) is 4.19. The van der Waals surface area contributed by atoms with E-state index in [1.165, 1.54) is 4.88 Å². The van der Waals surface area contributed by atoms with E-state index >= 15 is 0 Å². The Kier molecular flexibility index (Phi) is 5.79. The molecule has 2 rings (SSSR count). The van der Waals surface area contributed by atoms with Gasteiger partial charge in [-0.15, -0.1) is 11.3 Å². The van der Waals surface area contributed by atoms with E-state index < -0.39 is 0 Å². The molecule has 1 N–H and O–H groups in total. The lowest BCUT2D eigenvalue weighted by Gasteiger charge is -2.26. The molecule has 0 bridgehead atoms. The summed E-state index contributed by atoms with van der Waals surface area (Å²) in [6, 6.07) is 4.16. The summed E-state index contributed by atoms with van der Waals surface area (Å²) in [7, 11) is 0. The summed E-state index contributed by atoms with van der Waals surface area (Å²) >= 11 is 1.68. The molecule has 0 saturated carbocycles. The van der Waals surface area contributed by atoms with E-state index in [2.05, 4.69) is 25.2 Å². The van der Waals surface area contributed by atoms with Gasteiger partial charge in [0, 0.05) is 17.8 Å². The van der Waals surface area contributed by atoms with Gasteiger partial charge in [-0.3, -0.25) is 9.59 Å². The second-order valence-corrected chi connectivity index (χ2v) is 6.54. The Labute approximate surface area is 130 Å². The molecular formula is C16H24N2O2S. The molecule has 0 aliphatic carbocycles. The van der Waals surface area contributed by atoms with Crippen molar-refractivity contribution >= 4 is 23.2 Å². The van der Waals surface area contributed by atoms with Gasteiger partial charge in [0.15, 0.2) is 0 Å². The van der Waals surface area contributed by atoms with Crippen molar-refractivity contribution in [2.24, 2.45) is 5.92 Å². The highest BCUT2D eigenvalue weighted by Crippen LogP contribution is 2.30. The maximum atomic E-state index is 12.3. The molecule has 116 valence electrons. The quantitative estimate of drug-likeness (QED) is 0.842. The summed E-state index contributed by atoms with van der Waals surface area (Å²) < 4.78 is 0. The van der Waals surface area contributed by atoms with Gasteiger partial charge in [-0.2, -0.15) is 0 Å². The van der Waals surface area contributed by atoms with Gasteiger partial charge in [0.2, 0.25) is 11.8 Å². The average Bonchev–Trinajstić information content (AvgIpc) is 3.12. The van der Waals surface area contributed by atoms with E-state index in [0.29, 0.717) is 18.9 Å². The lowest BCUT2D eigenvalue weighted by atomic mass is 9.93. The van der Waals surface area contributed by atoms with Crippen LogP contribution < -0.4 is 5.32 Å². The van der Waals surface area contributed by atoms with Gasteiger partial charge >= 0.3 is 0 Å². The van der Waals surface area contributed by atoms with Crippen molar-refractivity contribution in [1.29, 1.82) is 0 Å². The van der Waals surface area contributed by atoms with Crippen LogP contribution >= 0.6 is 11.3 Å². The van der Waals surface area contributed by atoms with E-state index in [9.17, 15) is 9.59 Å². The molecular weight excluding hydrogens is 284 g/mol. The minimum Gasteiger partial charge on any atom is -0.347 e. The fourth-order valence-corrected chi connectivity index (χ4v) is 3.78. The van der Waals surface area contributed by atoms with E-state index in [1.807, 2.05) is 11.4 Å². The first-order chi connectivity index (χ1) is 10.2. The van der Waals surface area contributed by atoms with E-state index in [1.54, 1.807) is 16.2 Å². The maximum absolute atomic E-state index is 12.3. The zero-order valence-electron chi connectivity index (χ0n) is 12.8. The van der Waals surface area contributed by atoms with Crippen LogP contribution in [0.5, 0.6) is 0 Å². The van der Waals surface area contributed by atoms with Crippen LogP contribution in [-0.2, 0) is 9.59 Å². The molecule has 0 spiro atoms. The highest BCUT2D eigenvalue weighted by atomic mass is 32.1. The normalized spacial score (nSPS) is 16.5. The number of thiophene rings is 1. The number of likely N-dealkylation sites (tertiary alicyclic amines) is 1. The molecule has 1 fully saturated rings. The van der Waals surface area contributed by atoms with E-state index in [0.717, 1.165) is 19.3 Å². The number of rotatable bonds is 7. The first kappa shape index (κ1) is 16.0. The van der Waals surface area contributed by atoms with Crippen molar-refractivity contribution < 1.29 is 9.59 Å². The number of carbonyl (C=O) groups is 2. The molecule has 5 heteroatoms. The van der Waals surface area contributed by atoms with E-state index in [4.69, 9.17) is 0 Å². The van der Waals surface area contributed by atoms with Gasteiger partial charge < -0.3 is 10.2 Å². The number of amides is 2. The summed E-state index contributed by atoms with van der Waals surface area (Å²) in [5.41, 5.74) is 0. The standard InChI is InChI=1S/C16H24N2O2S/c1-3-12(4-2)16(13-7-6-10-21-13)17-14(19)11-18-9-5-8-15(18)20/h6-7,10,12,16H,3-5,8-9,11H2,1-2H3,(H,17,19)/t16-/m0/s1. The van der Waals surface area contributed by atoms with Crippen LogP contribution in [0.3, 0.4) is 0 Å². The number of nitrogens with one attached hydrogen (secondary N) is 1. The fraction of sp³-hybridized carbons (Fsp3) is 0.625. The minimum absolute atomic E-state index is 0.0458. The zero-order valence-corrected chi connectivity index (χ0v) is 13.6. The van der Waals surface area contributed by atoms with Crippen molar-refractivity contribution in [3.05, 3.63) is 22.4 Å². The highest BCUT2D eigenvalue weighted by Gasteiger charge is 2.26. The molecule has 1 aliphatic rings. The van der Waals surface area contributed by atoms with Crippen LogP contribution in [0.25, 0.3) is 0 Å². The van der Waals surface area contributed by atoms with Crippen LogP contribution in [0.15, 0.2) is 17.5 Å². The average molecular weight is 308 g/mol. The van der Waals surface area contributed by atoms with Gasteiger partial charge in [0.1, 0.15) is 0 Å². The van der Waals surface area contributed by atoms with Crippen LogP contribution in [0.2, 0.25) is 0 Å². The number of hydrogen-bond acceptors (Lipinski definition) is 3. The third kappa shape index (κ3) is 4.06. The maximum Gasteiger partial charge on any atom is 0.240 e. The van der Waals surface area contributed by atoms with Crippen molar-refractivity contribution in [1.82, 2.24) is 10.2 Å². The Morgan fingerprint density at radius 1 is 1.43 bits per heavy atom. The molecule has 1 aliphatic heterocycles. The molecule has 4 nitrogen and oxygen atoms in total. The van der Waals surface area contributed by atoms with Crippen molar-refractivity contribution in [2.75, 3.05) is 13.1 Å². The smallest absolute Gasteiger partial charge is 0.240 e. The summed E-state index contributed by atoms with van der Waals surface area (Å²) in [5.74, 6) is 0.484. The molecule has 1 saturated heterocycles. The predicted octanol–water partition coefficient (Wildman–Crippen LogP) is 2.96. The lowest BCUT2D eigenvalue weighted by Crippen LogP contribution is -2.41. The first-order valence-corrected chi connectivity index (χ1v) is 8.64. The molecule has 21 heavy (non-hydrogen) atoms. The molecule has 0 aromatic carbocycles. The van der Waals surface area contributed by atoms with Gasteiger partial charge in [0.25, 0.3) is 0 Å². The Hall–Kier alpha value is -1.36. The van der Waals surface area contributed by atoms with Gasteiger partial charge in [-0.25, -0.2) is 0 Å². The van der Waals surface area contributed by atoms with Gasteiger partial charge in [0.05, 0.1) is 12.6 Å². The van der Waals surface area contributed by atoms with Crippen molar-refractivity contribution in [3.8, 4) is 0 Å². The van der Waals surface area contributed by atoms with E-state index in [-0.39, 0.29) is 24.4 Å². The number of hydrogen-bond donors (Lipinski definition) is 1. The highest BCUT2D eigenvalue weighted by molar-refractivity contribution is 7.10. The topological polar surface area (TPSA) is 49.4 Å². The second kappa shape index (κ2) is 7.59. The Morgan fingerprint density at radius 3 is 2.71 bits per heavy atom. The lowest BCUT2D eigenvalue weighted by molar-refractivity contribution is -0.133. The zero-order chi connectivity index (χ0) is 15.2. The Bertz CT molecular complexity index is 469. The van der Waals surface area contributed by atoms with Gasteiger partial charge in [-0.1, -0.05) is 32.8 Å². The molecule has 1 atom stereocenters. The molecule has 0 unspecified atom stereocenters. The number of carbonyl (C=O) groups excluding carboxylic acids is 2. The minimum atomic E-state index is -0.0458. The molecule has 2 amide bonds. The predicted molar refractivity (Wildman–Crippen MR) is 85.1 cm³/mol. The molecule has 0 radical (unpaired) electrons. The Morgan fingerprint density at radius 2 is 2.19 bits per heavy atom. The van der Waals surface area contributed by atoms with Crippen LogP contribution in [0.4, 0.5) is 0 Å². The molecule has 1 aromatic rings. The Balaban J connectivity index is 2.01. The van der Waals surface area contributed by atoms with Crippen molar-refractivity contribution in [3.63, 3.8) is 0 Å². The first-order valence-electron chi connectivity index (χ1n) is 7.76. The molecule has 2 heterocycles. The molecule has 1 aromatic heterocycles. The summed E-state index contributed by atoms with van der Waals surface area (Å²) in [4.78, 5) is 26.8. The summed E-state index contributed by atoms with van der Waals surface area (Å²) in [5, 5.41) is 5.19. The second-order valence-electron chi connectivity index (χ2n) is 5.56. The number of nitrogens with zero attached hydrogens (tertiary/aromatic N) is 1. The summed E-state index contributed by atoms with van der Waals surface area (Å²) in [6.07, 6.45) is 3.51. The third-order valence-corrected chi connectivity index (χ3v) is 5.15. The monoisotopic (exact) mass is 308 g/mol. The van der Waals surface area contributed by atoms with Crippen LogP contribution in [0.1, 0.15) is 50.4 Å². The largest absolute Gasteiger partial charge is 0.347 e. The van der Waals surface area contributed by atoms with Crippen molar-refractivity contribution in [2.45, 2.75) is 45.6 Å². The van der Waals surface area contributed by atoms with Gasteiger partial charge in [-0.05, 0) is 23.8 Å². The van der Waals surface area contributed by atoms with Crippen LogP contribution in [-0.4, -0.2) is 29.8 Å².